The van der Waals surface area contributed by atoms with Crippen molar-refractivity contribution in [3.05, 3.63) is 72.2 Å². The van der Waals surface area contributed by atoms with E-state index in [1.807, 2.05) is 12.1 Å². The highest BCUT2D eigenvalue weighted by atomic mass is 32.1. The van der Waals surface area contributed by atoms with Gasteiger partial charge in [0, 0.05) is 12.1 Å². The molecule has 2 heteroatoms. The fourth-order valence-electron chi connectivity index (χ4n) is 1.78. The zero-order valence-corrected chi connectivity index (χ0v) is 10.1. The van der Waals surface area contributed by atoms with Gasteiger partial charge in [-0.15, -0.1) is 3.96 Å². The van der Waals surface area contributed by atoms with Crippen LogP contribution >= 0.6 is 11.5 Å². The van der Waals surface area contributed by atoms with E-state index in [1.54, 1.807) is 11.5 Å². The van der Waals surface area contributed by atoms with Crippen LogP contribution in [0.2, 0.25) is 0 Å². The summed E-state index contributed by atoms with van der Waals surface area (Å²) in [6, 6.07) is 20.8. The molecule has 3 aromatic rings. The lowest BCUT2D eigenvalue weighted by molar-refractivity contribution is -0.519. The molecular formula is C15H12NS+. The lowest BCUT2D eigenvalue weighted by Gasteiger charge is -1.92. The average molecular weight is 238 g/mol. The van der Waals surface area contributed by atoms with Crippen molar-refractivity contribution in [2.75, 3.05) is 0 Å². The third-order valence-electron chi connectivity index (χ3n) is 2.67. The SMILES string of the molecule is c1ccc(-c2cs[n+](-c3ccccc3)c2)cc1. The summed E-state index contributed by atoms with van der Waals surface area (Å²) in [7, 11) is 0. The van der Waals surface area contributed by atoms with E-state index in [4.69, 9.17) is 0 Å². The molecule has 0 fully saturated rings. The standard InChI is InChI=1S/C15H12NS/c1-3-7-13(8-4-1)14-11-16(17-12-14)15-9-5-2-6-10-15/h1-12H/q+1. The van der Waals surface area contributed by atoms with Gasteiger partial charge in [-0.3, -0.25) is 0 Å². The number of nitrogens with zero attached hydrogens (tertiary/aromatic N) is 1. The van der Waals surface area contributed by atoms with Crippen molar-refractivity contribution in [1.29, 1.82) is 0 Å². The summed E-state index contributed by atoms with van der Waals surface area (Å²) in [4.78, 5) is 0. The molecule has 17 heavy (non-hydrogen) atoms. The molecule has 0 atom stereocenters. The third kappa shape index (κ3) is 2.12. The Balaban J connectivity index is 1.99. The van der Waals surface area contributed by atoms with Gasteiger partial charge in [-0.2, -0.15) is 0 Å². The molecule has 0 N–H and O–H groups in total. The van der Waals surface area contributed by atoms with E-state index in [1.165, 1.54) is 16.8 Å². The van der Waals surface area contributed by atoms with Crippen LogP contribution < -0.4 is 3.96 Å². The number of aromatic nitrogens is 1. The Labute approximate surface area is 105 Å². The van der Waals surface area contributed by atoms with Crippen molar-refractivity contribution >= 4 is 11.5 Å². The van der Waals surface area contributed by atoms with Gasteiger partial charge in [0.25, 0.3) is 0 Å². The minimum atomic E-state index is 1.21. The lowest BCUT2D eigenvalue weighted by Crippen LogP contribution is -2.23. The van der Waals surface area contributed by atoms with Gasteiger partial charge < -0.3 is 0 Å². The van der Waals surface area contributed by atoms with Crippen molar-refractivity contribution in [2.45, 2.75) is 0 Å². The molecule has 0 aliphatic rings. The molecule has 0 bridgehead atoms. The Morgan fingerprint density at radius 2 is 1.35 bits per heavy atom. The highest BCUT2D eigenvalue weighted by molar-refractivity contribution is 7.00. The van der Waals surface area contributed by atoms with Gasteiger partial charge in [0.1, 0.15) is 11.5 Å². The predicted molar refractivity (Wildman–Crippen MR) is 71.3 cm³/mol. The minimum Gasteiger partial charge on any atom is -0.102 e. The quantitative estimate of drug-likeness (QED) is 0.599. The van der Waals surface area contributed by atoms with Crippen molar-refractivity contribution in [2.24, 2.45) is 0 Å². The maximum atomic E-state index is 2.18. The fourth-order valence-corrected chi connectivity index (χ4v) is 2.63. The molecule has 0 radical (unpaired) electrons. The second kappa shape index (κ2) is 4.52. The molecule has 3 rings (SSSR count). The number of rotatable bonds is 2. The third-order valence-corrected chi connectivity index (χ3v) is 3.57. The minimum absolute atomic E-state index is 1.21. The Morgan fingerprint density at radius 1 is 0.706 bits per heavy atom. The van der Waals surface area contributed by atoms with Gasteiger partial charge in [-0.1, -0.05) is 48.5 Å². The first kappa shape index (κ1) is 10.2. The molecule has 0 saturated carbocycles. The van der Waals surface area contributed by atoms with Crippen LogP contribution in [0.3, 0.4) is 0 Å². The van der Waals surface area contributed by atoms with Crippen molar-refractivity contribution in [3.63, 3.8) is 0 Å². The monoisotopic (exact) mass is 238 g/mol. The first-order valence-corrected chi connectivity index (χ1v) is 6.39. The van der Waals surface area contributed by atoms with Crippen LogP contribution in [-0.2, 0) is 0 Å². The van der Waals surface area contributed by atoms with Crippen molar-refractivity contribution in [1.82, 2.24) is 0 Å². The van der Waals surface area contributed by atoms with E-state index in [0.29, 0.717) is 0 Å². The zero-order chi connectivity index (χ0) is 11.5. The van der Waals surface area contributed by atoms with Crippen LogP contribution in [0, 0.1) is 0 Å². The molecule has 1 nitrogen and oxygen atoms in total. The van der Waals surface area contributed by atoms with E-state index >= 15 is 0 Å². The molecule has 2 aromatic carbocycles. The van der Waals surface area contributed by atoms with Gasteiger partial charge in [-0.25, -0.2) is 0 Å². The second-order valence-corrected chi connectivity index (χ2v) is 4.67. The normalized spacial score (nSPS) is 10.4. The van der Waals surface area contributed by atoms with Crippen molar-refractivity contribution in [3.8, 4) is 16.8 Å². The largest absolute Gasteiger partial charge is 0.224 e. The Bertz CT molecular complexity index is 545. The summed E-state index contributed by atoms with van der Waals surface area (Å²) >= 11 is 1.71. The molecule has 1 aromatic heterocycles. The maximum Gasteiger partial charge on any atom is 0.224 e. The van der Waals surface area contributed by atoms with E-state index in [2.05, 4.69) is 64.1 Å². The van der Waals surface area contributed by atoms with Crippen LogP contribution in [0.25, 0.3) is 16.8 Å². The summed E-state index contributed by atoms with van der Waals surface area (Å²) in [6.07, 6.45) is 2.18. The molecule has 1 heterocycles. The Morgan fingerprint density at radius 3 is 2.06 bits per heavy atom. The van der Waals surface area contributed by atoms with Gasteiger partial charge in [0.15, 0.2) is 6.20 Å². The summed E-state index contributed by atoms with van der Waals surface area (Å²) in [5.41, 5.74) is 3.73. The number of para-hydroxylation sites is 1. The summed E-state index contributed by atoms with van der Waals surface area (Å²) in [5, 5.41) is 2.18. The van der Waals surface area contributed by atoms with Crippen LogP contribution in [0.15, 0.2) is 72.2 Å². The summed E-state index contributed by atoms with van der Waals surface area (Å²) in [5.74, 6) is 0. The summed E-state index contributed by atoms with van der Waals surface area (Å²) in [6.45, 7) is 0. The Kier molecular flexibility index (Phi) is 2.72. The van der Waals surface area contributed by atoms with Crippen LogP contribution in [0.5, 0.6) is 0 Å². The molecule has 0 aliphatic heterocycles. The first-order chi connectivity index (χ1) is 8.43. The average Bonchev–Trinajstić information content (AvgIpc) is 2.90. The maximum absolute atomic E-state index is 2.18. The van der Waals surface area contributed by atoms with Gasteiger partial charge in [-0.05, 0) is 5.56 Å². The molecule has 0 spiro atoms. The molecule has 82 valence electrons. The van der Waals surface area contributed by atoms with Gasteiger partial charge in [0.2, 0.25) is 5.69 Å². The van der Waals surface area contributed by atoms with E-state index in [9.17, 15) is 0 Å². The first-order valence-electron chi connectivity index (χ1n) is 5.55. The smallest absolute Gasteiger partial charge is 0.102 e. The topological polar surface area (TPSA) is 3.88 Å². The molecule has 0 saturated heterocycles. The van der Waals surface area contributed by atoms with E-state index in [0.717, 1.165) is 0 Å². The highest BCUT2D eigenvalue weighted by Crippen LogP contribution is 2.19. The van der Waals surface area contributed by atoms with Gasteiger partial charge in [0.05, 0.1) is 10.9 Å². The zero-order valence-electron chi connectivity index (χ0n) is 9.28. The van der Waals surface area contributed by atoms with Crippen LogP contribution in [0.1, 0.15) is 0 Å². The second-order valence-electron chi connectivity index (χ2n) is 3.84. The van der Waals surface area contributed by atoms with Crippen LogP contribution in [-0.4, -0.2) is 0 Å². The molecule has 0 amide bonds. The van der Waals surface area contributed by atoms with Gasteiger partial charge >= 0.3 is 0 Å². The summed E-state index contributed by atoms with van der Waals surface area (Å²) < 4.78 is 2.18. The molecular weight excluding hydrogens is 226 g/mol. The Hall–Kier alpha value is -1.93. The van der Waals surface area contributed by atoms with E-state index in [-0.39, 0.29) is 0 Å². The molecule has 0 aliphatic carbocycles. The number of hydrogen-bond donors (Lipinski definition) is 0. The lowest BCUT2D eigenvalue weighted by atomic mass is 10.1. The molecule has 0 unspecified atom stereocenters. The predicted octanol–water partition coefficient (Wildman–Crippen LogP) is 3.69. The van der Waals surface area contributed by atoms with E-state index < -0.39 is 0 Å². The van der Waals surface area contributed by atoms with Crippen molar-refractivity contribution < 1.29 is 3.96 Å². The van der Waals surface area contributed by atoms with Crippen LogP contribution in [0.4, 0.5) is 0 Å². The number of benzene rings is 2. The fraction of sp³-hybridized carbons (Fsp3) is 0. The highest BCUT2D eigenvalue weighted by Gasteiger charge is 2.11. The number of hydrogen-bond acceptors (Lipinski definition) is 1.